The highest BCUT2D eigenvalue weighted by atomic mass is 16.5. The van der Waals surface area contributed by atoms with Crippen LogP contribution in [0.1, 0.15) is 29.8 Å². The number of aromatic carboxylic acids is 1. The van der Waals surface area contributed by atoms with Gasteiger partial charge in [0.25, 0.3) is 0 Å². The molecular weight excluding hydrogens is 306 g/mol. The Bertz CT molecular complexity index is 693. The first-order valence-electron chi connectivity index (χ1n) is 7.65. The van der Waals surface area contributed by atoms with Crippen LogP contribution in [-0.4, -0.2) is 23.6 Å². The summed E-state index contributed by atoms with van der Waals surface area (Å²) in [7, 11) is 0. The SMILES string of the molecule is CC(C)(COCc1ccccc1)C(=O)Nc1ccc(C(=O)O)cc1. The number of carboxylic acids is 1. The van der Waals surface area contributed by atoms with Gasteiger partial charge in [-0.3, -0.25) is 4.79 Å². The van der Waals surface area contributed by atoms with Crippen molar-refractivity contribution in [3.63, 3.8) is 0 Å². The van der Waals surface area contributed by atoms with Crippen molar-refractivity contribution in [2.24, 2.45) is 5.41 Å². The number of nitrogens with one attached hydrogen (secondary N) is 1. The maximum absolute atomic E-state index is 12.4. The van der Waals surface area contributed by atoms with Crippen molar-refractivity contribution in [3.8, 4) is 0 Å². The number of amides is 1. The first kappa shape index (κ1) is 17.7. The summed E-state index contributed by atoms with van der Waals surface area (Å²) in [4.78, 5) is 23.2. The number of carbonyl (C=O) groups excluding carboxylic acids is 1. The summed E-state index contributed by atoms with van der Waals surface area (Å²) in [6.45, 7) is 4.34. The molecule has 0 heterocycles. The number of hydrogen-bond acceptors (Lipinski definition) is 3. The topological polar surface area (TPSA) is 75.6 Å². The van der Waals surface area contributed by atoms with Crippen molar-refractivity contribution in [2.75, 3.05) is 11.9 Å². The van der Waals surface area contributed by atoms with E-state index in [4.69, 9.17) is 9.84 Å². The van der Waals surface area contributed by atoms with Crippen LogP contribution in [0.15, 0.2) is 54.6 Å². The van der Waals surface area contributed by atoms with Crippen LogP contribution in [0, 0.1) is 5.41 Å². The molecule has 5 heteroatoms. The minimum Gasteiger partial charge on any atom is -0.478 e. The van der Waals surface area contributed by atoms with Crippen molar-refractivity contribution in [1.29, 1.82) is 0 Å². The summed E-state index contributed by atoms with van der Waals surface area (Å²) < 4.78 is 5.66. The van der Waals surface area contributed by atoms with Gasteiger partial charge in [0.15, 0.2) is 0 Å². The molecule has 126 valence electrons. The van der Waals surface area contributed by atoms with E-state index in [2.05, 4.69) is 5.32 Å². The smallest absolute Gasteiger partial charge is 0.335 e. The predicted octanol–water partition coefficient (Wildman–Crippen LogP) is 3.57. The quantitative estimate of drug-likeness (QED) is 0.815. The lowest BCUT2D eigenvalue weighted by Crippen LogP contribution is -2.35. The van der Waals surface area contributed by atoms with Crippen LogP contribution in [0.25, 0.3) is 0 Å². The lowest BCUT2D eigenvalue weighted by atomic mass is 9.93. The zero-order valence-corrected chi connectivity index (χ0v) is 13.8. The second kappa shape index (κ2) is 7.75. The number of carbonyl (C=O) groups is 2. The van der Waals surface area contributed by atoms with Crippen molar-refractivity contribution < 1.29 is 19.4 Å². The molecule has 0 fully saturated rings. The van der Waals surface area contributed by atoms with Crippen LogP contribution in [0.4, 0.5) is 5.69 Å². The summed E-state index contributed by atoms with van der Waals surface area (Å²) in [6, 6.07) is 15.8. The van der Waals surface area contributed by atoms with Crippen LogP contribution < -0.4 is 5.32 Å². The first-order chi connectivity index (χ1) is 11.4. The molecule has 0 spiro atoms. The Kier molecular flexibility index (Phi) is 5.71. The number of hydrogen-bond donors (Lipinski definition) is 2. The summed E-state index contributed by atoms with van der Waals surface area (Å²) in [5, 5.41) is 11.7. The van der Waals surface area contributed by atoms with Gasteiger partial charge in [0.05, 0.1) is 24.2 Å². The highest BCUT2D eigenvalue weighted by molar-refractivity contribution is 5.95. The average molecular weight is 327 g/mol. The van der Waals surface area contributed by atoms with Gasteiger partial charge in [-0.05, 0) is 43.7 Å². The highest BCUT2D eigenvalue weighted by Crippen LogP contribution is 2.20. The van der Waals surface area contributed by atoms with Crippen molar-refractivity contribution in [1.82, 2.24) is 0 Å². The number of rotatable bonds is 7. The standard InChI is InChI=1S/C19H21NO4/c1-19(2,13-24-12-14-6-4-3-5-7-14)18(23)20-16-10-8-15(9-11-16)17(21)22/h3-11H,12-13H2,1-2H3,(H,20,23)(H,21,22). The van der Waals surface area contributed by atoms with Gasteiger partial charge in [-0.2, -0.15) is 0 Å². The molecule has 0 saturated heterocycles. The molecule has 0 aliphatic rings. The average Bonchev–Trinajstić information content (AvgIpc) is 2.56. The van der Waals surface area contributed by atoms with Gasteiger partial charge in [-0.25, -0.2) is 4.79 Å². The molecule has 5 nitrogen and oxygen atoms in total. The largest absolute Gasteiger partial charge is 0.478 e. The van der Waals surface area contributed by atoms with E-state index >= 15 is 0 Å². The van der Waals surface area contributed by atoms with Crippen LogP contribution in [0.2, 0.25) is 0 Å². The number of benzene rings is 2. The minimum absolute atomic E-state index is 0.179. The molecule has 0 unspecified atom stereocenters. The van der Waals surface area contributed by atoms with E-state index < -0.39 is 11.4 Å². The van der Waals surface area contributed by atoms with Gasteiger partial charge >= 0.3 is 5.97 Å². The Hall–Kier alpha value is -2.66. The Labute approximate surface area is 141 Å². The van der Waals surface area contributed by atoms with Gasteiger partial charge < -0.3 is 15.2 Å². The minimum atomic E-state index is -0.998. The Morgan fingerprint density at radius 3 is 2.25 bits per heavy atom. The van der Waals surface area contributed by atoms with Gasteiger partial charge in [-0.1, -0.05) is 30.3 Å². The second-order valence-electron chi connectivity index (χ2n) is 6.20. The van der Waals surface area contributed by atoms with Gasteiger partial charge in [0.1, 0.15) is 0 Å². The molecule has 0 aliphatic heterocycles. The number of anilines is 1. The molecule has 0 aromatic heterocycles. The van der Waals surface area contributed by atoms with Gasteiger partial charge in [0, 0.05) is 5.69 Å². The summed E-state index contributed by atoms with van der Waals surface area (Å²) in [6.07, 6.45) is 0. The number of carboxylic acid groups (broad SMARTS) is 1. The van der Waals surface area contributed by atoms with Crippen LogP contribution in [-0.2, 0) is 16.1 Å². The molecular formula is C19H21NO4. The maximum atomic E-state index is 12.4. The maximum Gasteiger partial charge on any atom is 0.335 e. The van der Waals surface area contributed by atoms with Crippen LogP contribution >= 0.6 is 0 Å². The molecule has 0 saturated carbocycles. The Morgan fingerprint density at radius 2 is 1.67 bits per heavy atom. The lowest BCUT2D eigenvalue weighted by Gasteiger charge is -2.23. The fourth-order valence-electron chi connectivity index (χ4n) is 2.06. The van der Waals surface area contributed by atoms with E-state index in [1.165, 1.54) is 12.1 Å². The van der Waals surface area contributed by atoms with E-state index in [9.17, 15) is 9.59 Å². The van der Waals surface area contributed by atoms with Gasteiger partial charge in [0.2, 0.25) is 5.91 Å². The lowest BCUT2D eigenvalue weighted by molar-refractivity contribution is -0.127. The van der Waals surface area contributed by atoms with E-state index in [1.807, 2.05) is 30.3 Å². The fourth-order valence-corrected chi connectivity index (χ4v) is 2.06. The zero-order valence-electron chi connectivity index (χ0n) is 13.8. The van der Waals surface area contributed by atoms with Crippen molar-refractivity contribution in [2.45, 2.75) is 20.5 Å². The third kappa shape index (κ3) is 4.93. The fraction of sp³-hybridized carbons (Fsp3) is 0.263. The third-order valence-corrected chi connectivity index (χ3v) is 3.58. The molecule has 2 aromatic rings. The first-order valence-corrected chi connectivity index (χ1v) is 7.65. The molecule has 1 amide bonds. The summed E-state index contributed by atoms with van der Waals surface area (Å²) in [5.41, 5.74) is 1.08. The van der Waals surface area contributed by atoms with E-state index in [0.717, 1.165) is 5.56 Å². The molecule has 0 bridgehead atoms. The van der Waals surface area contributed by atoms with E-state index in [-0.39, 0.29) is 18.1 Å². The van der Waals surface area contributed by atoms with E-state index in [1.54, 1.807) is 26.0 Å². The summed E-state index contributed by atoms with van der Waals surface area (Å²) >= 11 is 0. The summed E-state index contributed by atoms with van der Waals surface area (Å²) in [5.74, 6) is -1.18. The zero-order chi connectivity index (χ0) is 17.6. The highest BCUT2D eigenvalue weighted by Gasteiger charge is 2.28. The Morgan fingerprint density at radius 1 is 1.04 bits per heavy atom. The second-order valence-corrected chi connectivity index (χ2v) is 6.20. The predicted molar refractivity (Wildman–Crippen MR) is 91.9 cm³/mol. The molecule has 24 heavy (non-hydrogen) atoms. The third-order valence-electron chi connectivity index (χ3n) is 3.58. The molecule has 2 rings (SSSR count). The number of ether oxygens (including phenoxy) is 1. The molecule has 0 atom stereocenters. The Balaban J connectivity index is 1.88. The monoisotopic (exact) mass is 327 g/mol. The van der Waals surface area contributed by atoms with Crippen LogP contribution in [0.3, 0.4) is 0 Å². The normalized spacial score (nSPS) is 11.1. The molecule has 2 aromatic carbocycles. The van der Waals surface area contributed by atoms with Crippen LogP contribution in [0.5, 0.6) is 0 Å². The molecule has 0 radical (unpaired) electrons. The van der Waals surface area contributed by atoms with E-state index in [0.29, 0.717) is 12.3 Å². The molecule has 2 N–H and O–H groups in total. The molecule has 0 aliphatic carbocycles. The van der Waals surface area contributed by atoms with Crippen molar-refractivity contribution in [3.05, 3.63) is 65.7 Å². The van der Waals surface area contributed by atoms with Crippen molar-refractivity contribution >= 4 is 17.6 Å². The van der Waals surface area contributed by atoms with Gasteiger partial charge in [-0.15, -0.1) is 0 Å².